The molecular formula is C35H41FN4O2. The van der Waals surface area contributed by atoms with Crippen LogP contribution in [-0.4, -0.2) is 64.5 Å². The standard InChI is InChI=1S/C35H41FN4O2/c1-23-7-6-8-24(2)40(23)16-13-25-11-14-39(15-12-25)35(41)27-17-26(18-29(36)19-27)28-20-31-32(22-38-34(31)37-21-28)30-9-4-5-10-33(30)42-3/h4-5,9-10,17-25H,6-8,11-16H2,1-3H3,(H,37,38). The summed E-state index contributed by atoms with van der Waals surface area (Å²) in [7, 11) is 1.65. The Morgan fingerprint density at radius 1 is 1.00 bits per heavy atom. The minimum absolute atomic E-state index is 0.0992. The van der Waals surface area contributed by atoms with Crippen LogP contribution in [0.15, 0.2) is 60.9 Å². The van der Waals surface area contributed by atoms with E-state index in [1.54, 1.807) is 19.4 Å². The highest BCUT2D eigenvalue weighted by atomic mass is 19.1. The number of fused-ring (bicyclic) bond motifs is 1. The number of aromatic amines is 1. The lowest BCUT2D eigenvalue weighted by Crippen LogP contribution is -2.45. The average Bonchev–Trinajstić information content (AvgIpc) is 3.43. The van der Waals surface area contributed by atoms with Gasteiger partial charge in [-0.15, -0.1) is 0 Å². The van der Waals surface area contributed by atoms with Crippen molar-refractivity contribution in [3.05, 3.63) is 72.3 Å². The summed E-state index contributed by atoms with van der Waals surface area (Å²) >= 11 is 0. The number of rotatable bonds is 7. The third kappa shape index (κ3) is 5.80. The van der Waals surface area contributed by atoms with Gasteiger partial charge in [0, 0.05) is 65.2 Å². The molecule has 6 rings (SSSR count). The molecule has 2 aromatic carbocycles. The number of pyridine rings is 1. The highest BCUT2D eigenvalue weighted by Crippen LogP contribution is 2.36. The smallest absolute Gasteiger partial charge is 0.253 e. The van der Waals surface area contributed by atoms with Gasteiger partial charge in [0.2, 0.25) is 0 Å². The molecule has 0 spiro atoms. The molecule has 0 saturated carbocycles. The van der Waals surface area contributed by atoms with E-state index in [9.17, 15) is 9.18 Å². The number of carbonyl (C=O) groups is 1. The SMILES string of the molecule is COc1ccccc1-c1c[nH]c2ncc(-c3cc(F)cc(C(=O)N4CCC(CCN5C(C)CCCC5C)CC4)c3)cc12. The lowest BCUT2D eigenvalue weighted by molar-refractivity contribution is 0.0647. The highest BCUT2D eigenvalue weighted by Gasteiger charge is 2.28. The number of carbonyl (C=O) groups excluding carboxylic acids is 1. The van der Waals surface area contributed by atoms with Gasteiger partial charge in [-0.05, 0) is 94.3 Å². The maximum absolute atomic E-state index is 14.9. The Morgan fingerprint density at radius 3 is 2.52 bits per heavy atom. The number of hydrogen-bond acceptors (Lipinski definition) is 4. The van der Waals surface area contributed by atoms with Gasteiger partial charge in [-0.1, -0.05) is 24.6 Å². The van der Waals surface area contributed by atoms with Crippen LogP contribution in [0, 0.1) is 11.7 Å². The molecule has 1 N–H and O–H groups in total. The number of nitrogens with zero attached hydrogens (tertiary/aromatic N) is 3. The number of benzene rings is 2. The molecule has 4 heterocycles. The van der Waals surface area contributed by atoms with E-state index >= 15 is 0 Å². The van der Waals surface area contributed by atoms with Crippen molar-refractivity contribution in [3.8, 4) is 28.0 Å². The topological polar surface area (TPSA) is 61.5 Å². The van der Waals surface area contributed by atoms with E-state index in [1.807, 2.05) is 41.4 Å². The number of hydrogen-bond donors (Lipinski definition) is 1. The van der Waals surface area contributed by atoms with Crippen LogP contribution in [0.2, 0.25) is 0 Å². The van der Waals surface area contributed by atoms with Gasteiger partial charge in [0.15, 0.2) is 0 Å². The molecule has 0 aliphatic carbocycles. The Kier molecular flexibility index (Phi) is 8.29. The minimum Gasteiger partial charge on any atom is -0.496 e. The van der Waals surface area contributed by atoms with Crippen LogP contribution in [0.3, 0.4) is 0 Å². The monoisotopic (exact) mass is 568 g/mol. The van der Waals surface area contributed by atoms with Crippen LogP contribution in [0.25, 0.3) is 33.3 Å². The first-order valence-electron chi connectivity index (χ1n) is 15.4. The number of aromatic nitrogens is 2. The fraction of sp³-hybridized carbons (Fsp3) is 0.429. The van der Waals surface area contributed by atoms with Crippen LogP contribution < -0.4 is 4.74 Å². The average molecular weight is 569 g/mol. The second kappa shape index (κ2) is 12.3. The maximum Gasteiger partial charge on any atom is 0.253 e. The van der Waals surface area contributed by atoms with Crippen LogP contribution >= 0.6 is 0 Å². The van der Waals surface area contributed by atoms with Crippen molar-refractivity contribution < 1.29 is 13.9 Å². The molecule has 2 aliphatic heterocycles. The van der Waals surface area contributed by atoms with Crippen molar-refractivity contribution in [3.63, 3.8) is 0 Å². The second-order valence-electron chi connectivity index (χ2n) is 12.1. The molecule has 0 bridgehead atoms. The quantitative estimate of drug-likeness (QED) is 0.250. The molecule has 2 unspecified atom stereocenters. The van der Waals surface area contributed by atoms with E-state index in [0.29, 0.717) is 29.1 Å². The summed E-state index contributed by atoms with van der Waals surface area (Å²) in [5, 5.41) is 0.907. The van der Waals surface area contributed by atoms with Gasteiger partial charge in [-0.25, -0.2) is 9.37 Å². The van der Waals surface area contributed by atoms with Crippen LogP contribution in [-0.2, 0) is 0 Å². The first-order chi connectivity index (χ1) is 20.4. The summed E-state index contributed by atoms with van der Waals surface area (Å²) < 4.78 is 20.5. The molecule has 7 heteroatoms. The minimum atomic E-state index is -0.422. The Morgan fingerprint density at radius 2 is 1.76 bits per heavy atom. The molecule has 2 fully saturated rings. The number of para-hydroxylation sites is 1. The fourth-order valence-corrected chi connectivity index (χ4v) is 6.99. The summed E-state index contributed by atoms with van der Waals surface area (Å²) in [6, 6.07) is 15.8. The number of ether oxygens (including phenoxy) is 1. The molecule has 2 saturated heterocycles. The largest absolute Gasteiger partial charge is 0.496 e. The van der Waals surface area contributed by atoms with Crippen molar-refractivity contribution in [2.75, 3.05) is 26.7 Å². The van der Waals surface area contributed by atoms with Crippen molar-refractivity contribution >= 4 is 16.9 Å². The van der Waals surface area contributed by atoms with Gasteiger partial charge in [0.1, 0.15) is 17.2 Å². The van der Waals surface area contributed by atoms with E-state index in [0.717, 1.165) is 65.9 Å². The molecule has 0 radical (unpaired) electrons. The molecule has 1 amide bonds. The Balaban J connectivity index is 1.16. The summed E-state index contributed by atoms with van der Waals surface area (Å²) in [6.07, 6.45) is 10.8. The van der Waals surface area contributed by atoms with E-state index in [2.05, 4.69) is 28.7 Å². The number of amides is 1. The van der Waals surface area contributed by atoms with Crippen LogP contribution in [0.5, 0.6) is 5.75 Å². The molecule has 4 aromatic rings. The number of halogens is 1. The van der Waals surface area contributed by atoms with Crippen LogP contribution in [0.1, 0.15) is 62.7 Å². The number of likely N-dealkylation sites (tertiary alicyclic amines) is 2. The Hall–Kier alpha value is -3.71. The number of H-pyrrole nitrogens is 1. The summed E-state index contributed by atoms with van der Waals surface area (Å²) in [6.45, 7) is 7.30. The number of piperidine rings is 2. The van der Waals surface area contributed by atoms with Gasteiger partial charge in [0.05, 0.1) is 7.11 Å². The molecule has 6 nitrogen and oxygen atoms in total. The predicted octanol–water partition coefficient (Wildman–Crippen LogP) is 7.55. The molecule has 2 aromatic heterocycles. The van der Waals surface area contributed by atoms with Gasteiger partial charge >= 0.3 is 0 Å². The fourth-order valence-electron chi connectivity index (χ4n) is 6.99. The maximum atomic E-state index is 14.9. The van der Waals surface area contributed by atoms with E-state index in [-0.39, 0.29) is 5.91 Å². The Bertz CT molecular complexity index is 1550. The zero-order chi connectivity index (χ0) is 29.2. The van der Waals surface area contributed by atoms with Gasteiger partial charge in [0.25, 0.3) is 5.91 Å². The zero-order valence-electron chi connectivity index (χ0n) is 24.9. The summed E-state index contributed by atoms with van der Waals surface area (Å²) in [4.78, 5) is 25.9. The van der Waals surface area contributed by atoms with Gasteiger partial charge < -0.3 is 14.6 Å². The van der Waals surface area contributed by atoms with E-state index in [4.69, 9.17) is 4.74 Å². The first kappa shape index (κ1) is 28.4. The van der Waals surface area contributed by atoms with Crippen molar-refractivity contribution in [2.45, 2.75) is 64.5 Å². The highest BCUT2D eigenvalue weighted by molar-refractivity contribution is 5.98. The lowest BCUT2D eigenvalue weighted by atomic mass is 9.91. The number of nitrogens with one attached hydrogen (secondary N) is 1. The van der Waals surface area contributed by atoms with E-state index < -0.39 is 5.82 Å². The third-order valence-corrected chi connectivity index (χ3v) is 9.48. The zero-order valence-corrected chi connectivity index (χ0v) is 24.9. The molecule has 2 atom stereocenters. The molecular weight excluding hydrogens is 527 g/mol. The predicted molar refractivity (Wildman–Crippen MR) is 166 cm³/mol. The van der Waals surface area contributed by atoms with Crippen molar-refractivity contribution in [1.29, 1.82) is 0 Å². The lowest BCUT2D eigenvalue weighted by Gasteiger charge is -2.40. The second-order valence-corrected chi connectivity index (χ2v) is 12.1. The van der Waals surface area contributed by atoms with Crippen LogP contribution in [0.4, 0.5) is 4.39 Å². The normalized spacial score (nSPS) is 20.2. The van der Waals surface area contributed by atoms with E-state index in [1.165, 1.54) is 37.8 Å². The first-order valence-corrected chi connectivity index (χ1v) is 15.4. The molecule has 42 heavy (non-hydrogen) atoms. The molecule has 220 valence electrons. The third-order valence-electron chi connectivity index (χ3n) is 9.48. The van der Waals surface area contributed by atoms with Crippen molar-refractivity contribution in [2.24, 2.45) is 5.92 Å². The molecule has 2 aliphatic rings. The van der Waals surface area contributed by atoms with Gasteiger partial charge in [-0.2, -0.15) is 0 Å². The number of methoxy groups -OCH3 is 1. The summed E-state index contributed by atoms with van der Waals surface area (Å²) in [5.41, 5.74) is 4.42. The summed E-state index contributed by atoms with van der Waals surface area (Å²) in [5.74, 6) is 0.879. The van der Waals surface area contributed by atoms with Crippen molar-refractivity contribution in [1.82, 2.24) is 19.8 Å². The Labute approximate surface area is 247 Å². The van der Waals surface area contributed by atoms with Gasteiger partial charge in [-0.3, -0.25) is 9.69 Å².